The number of alkyl halides is 9. The molecule has 1 amide bonds. The van der Waals surface area contributed by atoms with E-state index in [1.165, 1.54) is 6.33 Å². The predicted octanol–water partition coefficient (Wildman–Crippen LogP) is 4.96. The van der Waals surface area contributed by atoms with Gasteiger partial charge in [0.25, 0.3) is 5.91 Å². The summed E-state index contributed by atoms with van der Waals surface area (Å²) < 4.78 is 111. The molecule has 2 fully saturated rings. The van der Waals surface area contributed by atoms with Crippen molar-refractivity contribution in [2.45, 2.75) is 75.2 Å². The molecule has 0 atom stereocenters. The number of carbonyl (C=O) groups is 3. The van der Waals surface area contributed by atoms with Crippen molar-refractivity contribution in [2.75, 3.05) is 19.6 Å². The van der Waals surface area contributed by atoms with E-state index in [0.29, 0.717) is 32.4 Å². The number of rotatable bonds is 8. The van der Waals surface area contributed by atoms with Crippen LogP contribution in [0.5, 0.6) is 5.88 Å². The van der Waals surface area contributed by atoms with E-state index in [-0.39, 0.29) is 30.3 Å². The number of carboxylic acids is 2. The summed E-state index contributed by atoms with van der Waals surface area (Å²) in [6.07, 6.45) is -5.26. The highest BCUT2D eigenvalue weighted by Crippen LogP contribution is 2.39. The number of likely N-dealkylation sites (tertiary alicyclic amines) is 1. The van der Waals surface area contributed by atoms with Crippen molar-refractivity contribution in [2.24, 2.45) is 0 Å². The van der Waals surface area contributed by atoms with E-state index in [2.05, 4.69) is 46.3 Å². The summed E-state index contributed by atoms with van der Waals surface area (Å²) in [5.41, 5.74) is 1.50. The van der Waals surface area contributed by atoms with Gasteiger partial charge >= 0.3 is 30.5 Å². The molecule has 0 aromatic carbocycles. The van der Waals surface area contributed by atoms with Gasteiger partial charge in [-0.3, -0.25) is 14.4 Å². The number of aromatic nitrogens is 7. The van der Waals surface area contributed by atoms with Gasteiger partial charge in [-0.2, -0.15) is 54.9 Å². The van der Waals surface area contributed by atoms with Crippen molar-refractivity contribution < 1.29 is 68.8 Å². The Labute approximate surface area is 314 Å². The number of carbonyl (C=O) groups excluding carboxylic acids is 1. The molecular weight excluding hydrogens is 791 g/mol. The first-order valence-corrected chi connectivity index (χ1v) is 16.5. The van der Waals surface area contributed by atoms with Crippen LogP contribution in [0.15, 0.2) is 37.1 Å². The maximum Gasteiger partial charge on any atom is 0.490 e. The molecule has 1 aliphatic heterocycles. The summed E-state index contributed by atoms with van der Waals surface area (Å²) in [7, 11) is 0. The van der Waals surface area contributed by atoms with Gasteiger partial charge in [0.15, 0.2) is 0 Å². The molecule has 6 rings (SSSR count). The number of ether oxygens (including phenoxy) is 1. The number of hydrogen-bond acceptors (Lipinski definition) is 11. The Bertz CT molecular complexity index is 2060. The second-order valence-corrected chi connectivity index (χ2v) is 12.5. The van der Waals surface area contributed by atoms with Crippen LogP contribution in [0.25, 0.3) is 22.3 Å². The fourth-order valence-electron chi connectivity index (χ4n) is 5.94. The number of nitrogens with zero attached hydrogens (tertiary/aromatic N) is 8. The summed E-state index contributed by atoms with van der Waals surface area (Å²) in [5, 5.41) is 31.8. The molecule has 5 heterocycles. The second kappa shape index (κ2) is 17.4. The van der Waals surface area contributed by atoms with Crippen LogP contribution in [0, 0.1) is 11.3 Å². The second-order valence-electron chi connectivity index (χ2n) is 12.5. The number of halogens is 9. The van der Waals surface area contributed by atoms with Crippen molar-refractivity contribution in [1.29, 1.82) is 5.26 Å². The number of amides is 1. The highest BCUT2D eigenvalue weighted by Gasteiger charge is 2.48. The normalized spacial score (nSPS) is 18.1. The molecule has 0 spiro atoms. The van der Waals surface area contributed by atoms with Crippen LogP contribution in [0.4, 0.5) is 39.5 Å². The molecule has 4 N–H and O–H groups in total. The van der Waals surface area contributed by atoms with Crippen LogP contribution in [0.2, 0.25) is 0 Å². The van der Waals surface area contributed by atoms with Gasteiger partial charge in [-0.1, -0.05) is 0 Å². The van der Waals surface area contributed by atoms with Gasteiger partial charge in [-0.15, -0.1) is 0 Å². The zero-order chi connectivity index (χ0) is 42.3. The van der Waals surface area contributed by atoms with Crippen molar-refractivity contribution >= 4 is 28.9 Å². The van der Waals surface area contributed by atoms with Gasteiger partial charge in [0.05, 0.1) is 24.4 Å². The largest absolute Gasteiger partial charge is 0.490 e. The number of aliphatic carboxylic acids is 2. The SMILES string of the molecule is CCNC(=O)c1cc(OC2CCC(N3CC(CC#N)(n4cc(-c5ncnc6[nH]ccc56)cn4)C3)CC2)nc(C(F)(F)F)n1.O=C(O)C(F)(F)F.O=C(O)C(F)(F)F. The van der Waals surface area contributed by atoms with Crippen LogP contribution < -0.4 is 10.1 Å². The number of aromatic amines is 1. The van der Waals surface area contributed by atoms with E-state index in [4.69, 9.17) is 24.5 Å². The van der Waals surface area contributed by atoms with E-state index >= 15 is 0 Å². The van der Waals surface area contributed by atoms with Crippen LogP contribution in [-0.2, 0) is 21.3 Å². The zero-order valence-corrected chi connectivity index (χ0v) is 29.3. The summed E-state index contributed by atoms with van der Waals surface area (Å²) in [6, 6.07) is 5.63. The monoisotopic (exact) mass is 822 g/mol. The van der Waals surface area contributed by atoms with Crippen LogP contribution in [-0.4, -0.2) is 112 Å². The smallest absolute Gasteiger partial charge is 0.475 e. The van der Waals surface area contributed by atoms with Crippen molar-refractivity contribution in [3.63, 3.8) is 0 Å². The molecule has 16 nitrogen and oxygen atoms in total. The molecule has 0 radical (unpaired) electrons. The Kier molecular flexibility index (Phi) is 13.3. The lowest BCUT2D eigenvalue weighted by atomic mass is 9.82. The molecule has 1 saturated heterocycles. The molecule has 4 aromatic heterocycles. The predicted molar refractivity (Wildman–Crippen MR) is 174 cm³/mol. The number of carboxylic acid groups (broad SMARTS) is 2. The summed E-state index contributed by atoms with van der Waals surface area (Å²) in [5.74, 6) is -7.91. The topological polar surface area (TPSA) is 225 Å². The minimum Gasteiger partial charge on any atom is -0.475 e. The molecule has 308 valence electrons. The zero-order valence-electron chi connectivity index (χ0n) is 29.3. The molecular formula is C32H31F9N10O6. The number of nitrogens with one attached hydrogen (secondary N) is 2. The fraction of sp³-hybridized carbons (Fsp3) is 0.469. The lowest BCUT2D eigenvalue weighted by Gasteiger charge is -2.53. The Morgan fingerprint density at radius 2 is 1.61 bits per heavy atom. The third kappa shape index (κ3) is 11.0. The fourth-order valence-corrected chi connectivity index (χ4v) is 5.94. The summed E-state index contributed by atoms with van der Waals surface area (Å²) in [4.78, 5) is 51.0. The first-order valence-electron chi connectivity index (χ1n) is 16.5. The van der Waals surface area contributed by atoms with Crippen LogP contribution in [0.3, 0.4) is 0 Å². The van der Waals surface area contributed by atoms with E-state index in [1.807, 2.05) is 23.1 Å². The minimum absolute atomic E-state index is 0.241. The maximum absolute atomic E-state index is 13.4. The average Bonchev–Trinajstić information content (AvgIpc) is 3.80. The first-order chi connectivity index (χ1) is 26.6. The number of hydrogen-bond donors (Lipinski definition) is 4. The summed E-state index contributed by atoms with van der Waals surface area (Å²) >= 11 is 0. The molecule has 0 bridgehead atoms. The van der Waals surface area contributed by atoms with Gasteiger partial charge in [0, 0.05) is 55.1 Å². The van der Waals surface area contributed by atoms with Gasteiger partial charge in [-0.05, 0) is 38.7 Å². The molecule has 57 heavy (non-hydrogen) atoms. The molecule has 0 unspecified atom stereocenters. The third-order valence-corrected chi connectivity index (χ3v) is 8.56. The van der Waals surface area contributed by atoms with Crippen molar-refractivity contribution in [1.82, 2.24) is 44.9 Å². The van der Waals surface area contributed by atoms with E-state index in [0.717, 1.165) is 41.2 Å². The molecule has 4 aromatic rings. The summed E-state index contributed by atoms with van der Waals surface area (Å²) in [6.45, 7) is 3.21. The molecule has 2 aliphatic rings. The number of fused-ring (bicyclic) bond motifs is 1. The van der Waals surface area contributed by atoms with Crippen LogP contribution >= 0.6 is 0 Å². The Morgan fingerprint density at radius 3 is 2.16 bits per heavy atom. The van der Waals surface area contributed by atoms with Crippen molar-refractivity contribution in [3.8, 4) is 23.2 Å². The maximum atomic E-state index is 13.4. The highest BCUT2D eigenvalue weighted by atomic mass is 19.4. The Hall–Kier alpha value is -6.06. The highest BCUT2D eigenvalue weighted by molar-refractivity contribution is 5.92. The van der Waals surface area contributed by atoms with Gasteiger partial charge in [-0.25, -0.2) is 24.5 Å². The molecule has 1 aliphatic carbocycles. The van der Waals surface area contributed by atoms with Gasteiger partial charge < -0.3 is 25.3 Å². The number of nitriles is 1. The minimum atomic E-state index is -5.08. The Morgan fingerprint density at radius 1 is 1.00 bits per heavy atom. The first kappa shape index (κ1) is 43.7. The number of H-pyrrole nitrogens is 1. The van der Waals surface area contributed by atoms with Crippen molar-refractivity contribution in [3.05, 3.63) is 48.6 Å². The van der Waals surface area contributed by atoms with E-state index < -0.39 is 47.7 Å². The van der Waals surface area contributed by atoms with Gasteiger partial charge in [0.2, 0.25) is 11.7 Å². The Balaban J connectivity index is 0.000000440. The quantitative estimate of drug-likeness (QED) is 0.173. The lowest BCUT2D eigenvalue weighted by Crippen LogP contribution is -2.65. The van der Waals surface area contributed by atoms with E-state index in [9.17, 15) is 49.6 Å². The molecule has 1 saturated carbocycles. The van der Waals surface area contributed by atoms with Gasteiger partial charge in [0.1, 0.15) is 29.3 Å². The van der Waals surface area contributed by atoms with E-state index in [1.54, 1.807) is 13.1 Å². The van der Waals surface area contributed by atoms with Crippen LogP contribution in [0.1, 0.15) is 55.3 Å². The standard InChI is InChI=1S/C28H29F3N10O2.2C2HF3O2/c1-2-33-25(42)21-11-22(39-26(38-21)28(29,30)31)43-19-5-3-18(4-6-19)40-14-27(15-40,8-9-32)41-13-17(12-37-41)23-20-7-10-34-24(20)36-16-35-23;2*3-2(4,5)1(6)7/h7,10-13,16,18-19H,2-6,8,14-15H2,1H3,(H,33,42)(H,34,35,36);2*(H,6,7). The lowest BCUT2D eigenvalue weighted by molar-refractivity contribution is -0.193. The molecule has 25 heteroatoms. The third-order valence-electron chi connectivity index (χ3n) is 8.56. The average molecular weight is 823 g/mol.